The molecule has 0 atom stereocenters. The molecule has 0 amide bonds. The second-order valence-electron chi connectivity index (χ2n) is 10.8. The minimum atomic E-state index is -0.896. The third-order valence-electron chi connectivity index (χ3n) is 8.13. The summed E-state index contributed by atoms with van der Waals surface area (Å²) in [5.41, 5.74) is 5.58. The minimum Gasteiger partial charge on any atom is -0.350 e. The molecule has 0 fully saturated rings. The Balaban J connectivity index is 1.55. The molecule has 0 unspecified atom stereocenters. The van der Waals surface area contributed by atoms with Crippen LogP contribution in [-0.2, 0) is 5.54 Å². The second-order valence-corrected chi connectivity index (χ2v) is 10.8. The Bertz CT molecular complexity index is 2110. The number of rotatable bonds is 8. The average Bonchev–Trinajstić information content (AvgIpc) is 3.49. The van der Waals surface area contributed by atoms with Crippen LogP contribution in [0.15, 0.2) is 152 Å². The van der Waals surface area contributed by atoms with Gasteiger partial charge in [-0.25, -0.2) is 4.68 Å². The summed E-state index contributed by atoms with van der Waals surface area (Å²) in [5.74, 6) is 0. The van der Waals surface area contributed by atoms with Crippen molar-refractivity contribution in [2.45, 2.75) is 5.54 Å². The molecule has 7 aromatic rings. The molecule has 5 aromatic carbocycles. The van der Waals surface area contributed by atoms with Gasteiger partial charge in [-0.15, -0.1) is 0 Å². The first-order chi connectivity index (χ1) is 22.6. The average molecular weight is 599 g/mol. The highest BCUT2D eigenvalue weighted by Gasteiger charge is 2.41. The van der Waals surface area contributed by atoms with Crippen molar-refractivity contribution in [2.75, 3.05) is 5.32 Å². The lowest BCUT2D eigenvalue weighted by Crippen LogP contribution is -2.38. The molecule has 8 heteroatoms. The Kier molecular flexibility index (Phi) is 7.25. The van der Waals surface area contributed by atoms with Crippen molar-refractivity contribution in [3.8, 4) is 17.3 Å². The van der Waals surface area contributed by atoms with Crippen molar-refractivity contribution in [3.63, 3.8) is 0 Å². The van der Waals surface area contributed by atoms with Gasteiger partial charge in [-0.05, 0) is 59.2 Å². The van der Waals surface area contributed by atoms with E-state index < -0.39 is 10.5 Å². The fourth-order valence-electron chi connectivity index (χ4n) is 6.09. The molecule has 0 spiro atoms. The van der Waals surface area contributed by atoms with Crippen LogP contribution in [0.3, 0.4) is 0 Å². The van der Waals surface area contributed by atoms with Gasteiger partial charge >= 0.3 is 0 Å². The molecule has 220 valence electrons. The lowest BCUT2D eigenvalue weighted by atomic mass is 9.77. The Labute approximate surface area is 265 Å². The van der Waals surface area contributed by atoms with Crippen molar-refractivity contribution >= 4 is 28.0 Å². The van der Waals surface area contributed by atoms with E-state index in [2.05, 4.69) is 51.4 Å². The fourth-order valence-corrected chi connectivity index (χ4v) is 6.09. The zero-order valence-corrected chi connectivity index (χ0v) is 24.5. The molecule has 2 heterocycles. The van der Waals surface area contributed by atoms with Crippen LogP contribution >= 0.6 is 0 Å². The predicted octanol–water partition coefficient (Wildman–Crippen LogP) is 8.46. The molecule has 7 rings (SSSR count). The number of aromatic nitrogens is 3. The Morgan fingerprint density at radius 2 is 1.33 bits per heavy atom. The molecule has 0 saturated heterocycles. The third kappa shape index (κ3) is 4.82. The first-order valence-electron chi connectivity index (χ1n) is 14.7. The van der Waals surface area contributed by atoms with Gasteiger partial charge in [0.05, 0.1) is 22.1 Å². The van der Waals surface area contributed by atoms with Crippen LogP contribution in [0.4, 0.5) is 17.1 Å². The van der Waals surface area contributed by atoms with Crippen molar-refractivity contribution in [1.82, 2.24) is 14.8 Å². The molecular formula is C38H26N6O2. The molecule has 46 heavy (non-hydrogen) atoms. The minimum absolute atomic E-state index is 0.183. The summed E-state index contributed by atoms with van der Waals surface area (Å²) in [6.07, 6.45) is 3.50. The lowest BCUT2D eigenvalue weighted by Gasteiger charge is -2.37. The summed E-state index contributed by atoms with van der Waals surface area (Å²) < 4.78 is 2.07. The molecule has 0 bridgehead atoms. The molecule has 1 N–H and O–H groups in total. The van der Waals surface area contributed by atoms with Gasteiger partial charge in [0.15, 0.2) is 0 Å². The van der Waals surface area contributed by atoms with E-state index in [9.17, 15) is 15.4 Å². The molecule has 2 aromatic heterocycles. The number of hydrogen-bond donors (Lipinski definition) is 1. The van der Waals surface area contributed by atoms with Gasteiger partial charge in [-0.1, -0.05) is 91.0 Å². The monoisotopic (exact) mass is 598 g/mol. The van der Waals surface area contributed by atoms with Gasteiger partial charge in [-0.2, -0.15) is 10.4 Å². The van der Waals surface area contributed by atoms with E-state index in [4.69, 9.17) is 5.10 Å². The lowest BCUT2D eigenvalue weighted by molar-refractivity contribution is -0.383. The third-order valence-corrected chi connectivity index (χ3v) is 8.13. The Hall–Kier alpha value is -6.59. The summed E-state index contributed by atoms with van der Waals surface area (Å²) in [7, 11) is 0. The van der Waals surface area contributed by atoms with Gasteiger partial charge in [0.25, 0.3) is 5.69 Å². The van der Waals surface area contributed by atoms with Crippen LogP contribution in [0.25, 0.3) is 22.2 Å². The summed E-state index contributed by atoms with van der Waals surface area (Å²) in [5, 5.41) is 30.8. The van der Waals surface area contributed by atoms with E-state index in [0.29, 0.717) is 5.69 Å². The van der Waals surface area contributed by atoms with Crippen LogP contribution < -0.4 is 5.32 Å². The Morgan fingerprint density at radius 3 is 1.87 bits per heavy atom. The topological polar surface area (TPSA) is 110 Å². The number of nitriles is 1. The Morgan fingerprint density at radius 1 is 0.739 bits per heavy atom. The number of pyridine rings is 1. The van der Waals surface area contributed by atoms with E-state index in [1.165, 1.54) is 6.07 Å². The summed E-state index contributed by atoms with van der Waals surface area (Å²) >= 11 is 0. The molecule has 0 aliphatic rings. The normalized spacial score (nSPS) is 11.2. The number of nitro benzene ring substituents is 1. The summed E-state index contributed by atoms with van der Waals surface area (Å²) in [6, 6.07) is 46.9. The van der Waals surface area contributed by atoms with E-state index in [1.807, 2.05) is 91.0 Å². The van der Waals surface area contributed by atoms with Crippen LogP contribution in [0.1, 0.15) is 22.3 Å². The smallest absolute Gasteiger partial charge is 0.293 e. The van der Waals surface area contributed by atoms with E-state index in [-0.39, 0.29) is 16.9 Å². The molecule has 0 saturated carbocycles. The molecule has 0 aliphatic heterocycles. The number of fused-ring (bicyclic) bond motifs is 1. The van der Waals surface area contributed by atoms with E-state index in [1.54, 1.807) is 24.5 Å². The summed E-state index contributed by atoms with van der Waals surface area (Å²) in [4.78, 5) is 15.7. The van der Waals surface area contributed by atoms with Crippen LogP contribution in [0.5, 0.6) is 0 Å². The molecule has 8 nitrogen and oxygen atoms in total. The quantitative estimate of drug-likeness (QED) is 0.107. The first-order valence-corrected chi connectivity index (χ1v) is 14.7. The van der Waals surface area contributed by atoms with Crippen LogP contribution in [0.2, 0.25) is 0 Å². The van der Waals surface area contributed by atoms with Crippen molar-refractivity contribution in [2.24, 2.45) is 0 Å². The maximum absolute atomic E-state index is 11.9. The molecule has 0 radical (unpaired) electrons. The fraction of sp³-hybridized carbons (Fsp3) is 0.0263. The number of benzene rings is 5. The van der Waals surface area contributed by atoms with Crippen molar-refractivity contribution < 1.29 is 4.92 Å². The predicted molar refractivity (Wildman–Crippen MR) is 179 cm³/mol. The zero-order chi connectivity index (χ0) is 31.5. The number of anilines is 2. The SMILES string of the molecule is N#Cc1ccc(Nc2ccc3c(-c4ccncc4)nn(C(c4ccccc4)(c4ccccc4)c4ccccc4)c3c2)c([N+](=O)[O-])c1. The van der Waals surface area contributed by atoms with Gasteiger partial charge in [0.1, 0.15) is 16.9 Å². The maximum Gasteiger partial charge on any atom is 0.293 e. The zero-order valence-electron chi connectivity index (χ0n) is 24.5. The van der Waals surface area contributed by atoms with Crippen LogP contribution in [0, 0.1) is 21.4 Å². The highest BCUT2D eigenvalue weighted by Crippen LogP contribution is 2.44. The van der Waals surface area contributed by atoms with E-state index >= 15 is 0 Å². The van der Waals surface area contributed by atoms with Gasteiger partial charge in [-0.3, -0.25) is 15.1 Å². The van der Waals surface area contributed by atoms with Crippen molar-refractivity contribution in [1.29, 1.82) is 5.26 Å². The highest BCUT2D eigenvalue weighted by atomic mass is 16.6. The first kappa shape index (κ1) is 28.2. The summed E-state index contributed by atoms with van der Waals surface area (Å²) in [6.45, 7) is 0. The number of nitrogens with zero attached hydrogens (tertiary/aromatic N) is 5. The number of nitro groups is 1. The maximum atomic E-state index is 11.9. The van der Waals surface area contributed by atoms with Gasteiger partial charge in [0.2, 0.25) is 0 Å². The standard InChI is InChI=1S/C38H26N6O2/c39-26-27-16-19-34(36(24-27)44(45)46)41-32-17-18-33-35(25-32)43(42-37(33)28-20-22-40-23-21-28)38(29-10-4-1-5-11-29,30-12-6-2-7-13-30)31-14-8-3-9-15-31/h1-25,41H. The van der Waals surface area contributed by atoms with Crippen LogP contribution in [-0.4, -0.2) is 19.7 Å². The second kappa shape index (κ2) is 11.8. The molecule has 0 aliphatic carbocycles. The molecular weight excluding hydrogens is 572 g/mol. The van der Waals surface area contributed by atoms with Gasteiger partial charge in [0, 0.05) is 35.1 Å². The number of nitrogens with one attached hydrogen (secondary N) is 1. The highest BCUT2D eigenvalue weighted by molar-refractivity contribution is 5.96. The van der Waals surface area contributed by atoms with E-state index in [0.717, 1.165) is 38.9 Å². The largest absolute Gasteiger partial charge is 0.350 e. The van der Waals surface area contributed by atoms with Gasteiger partial charge < -0.3 is 5.32 Å². The number of hydrogen-bond acceptors (Lipinski definition) is 6. The van der Waals surface area contributed by atoms with Crippen molar-refractivity contribution in [3.05, 3.63) is 184 Å².